The van der Waals surface area contributed by atoms with E-state index in [1.807, 2.05) is 5.01 Å². The topological polar surface area (TPSA) is 78.6 Å². The van der Waals surface area contributed by atoms with Crippen molar-refractivity contribution in [1.82, 2.24) is 10.4 Å². The zero-order valence-electron chi connectivity index (χ0n) is 11.0. The van der Waals surface area contributed by atoms with Crippen LogP contribution in [0.4, 0.5) is 0 Å². The Morgan fingerprint density at radius 2 is 1.89 bits per heavy atom. The summed E-state index contributed by atoms with van der Waals surface area (Å²) in [6, 6.07) is 6.20. The average molecular weight is 263 g/mol. The third-order valence-corrected chi connectivity index (χ3v) is 3.35. The lowest BCUT2D eigenvalue weighted by Gasteiger charge is -2.28. The van der Waals surface area contributed by atoms with Gasteiger partial charge in [0.1, 0.15) is 5.75 Å². The number of nitrogens with one attached hydrogen (secondary N) is 1. The van der Waals surface area contributed by atoms with Gasteiger partial charge in [0.05, 0.1) is 6.04 Å². The summed E-state index contributed by atoms with van der Waals surface area (Å²) in [5.74, 6) is 0.0741. The summed E-state index contributed by atoms with van der Waals surface area (Å²) in [7, 11) is 0. The minimum Gasteiger partial charge on any atom is -0.508 e. The zero-order valence-corrected chi connectivity index (χ0v) is 11.0. The summed E-state index contributed by atoms with van der Waals surface area (Å²) in [6.45, 7) is 1.80. The summed E-state index contributed by atoms with van der Waals surface area (Å²) < 4.78 is 0. The Kier molecular flexibility index (Phi) is 4.76. The van der Waals surface area contributed by atoms with Gasteiger partial charge in [0.15, 0.2) is 0 Å². The van der Waals surface area contributed by atoms with Crippen molar-refractivity contribution >= 4 is 5.91 Å². The van der Waals surface area contributed by atoms with Crippen LogP contribution in [0.1, 0.15) is 24.8 Å². The number of carbonyl (C=O) groups is 1. The second kappa shape index (κ2) is 6.54. The van der Waals surface area contributed by atoms with E-state index >= 15 is 0 Å². The smallest absolute Gasteiger partial charge is 0.251 e. The summed E-state index contributed by atoms with van der Waals surface area (Å²) >= 11 is 0. The van der Waals surface area contributed by atoms with E-state index < -0.39 is 6.04 Å². The molecule has 1 saturated heterocycles. The summed E-state index contributed by atoms with van der Waals surface area (Å²) in [5, 5.41) is 11.1. The van der Waals surface area contributed by atoms with Crippen LogP contribution in [0.15, 0.2) is 24.3 Å². The average Bonchev–Trinajstić information content (AvgIpc) is 2.42. The molecule has 1 amide bonds. The van der Waals surface area contributed by atoms with Gasteiger partial charge >= 0.3 is 0 Å². The van der Waals surface area contributed by atoms with Crippen LogP contribution in [0.5, 0.6) is 5.75 Å². The highest BCUT2D eigenvalue weighted by atomic mass is 16.3. The number of hydrazine groups is 1. The molecule has 1 aromatic rings. The molecular weight excluding hydrogens is 242 g/mol. The highest BCUT2D eigenvalue weighted by Crippen LogP contribution is 2.11. The normalized spacial score (nSPS) is 17.9. The number of hydrogen-bond donors (Lipinski definition) is 3. The quantitative estimate of drug-likeness (QED) is 0.750. The van der Waals surface area contributed by atoms with Gasteiger partial charge < -0.3 is 10.8 Å². The molecule has 1 atom stereocenters. The van der Waals surface area contributed by atoms with E-state index in [1.165, 1.54) is 6.42 Å². The van der Waals surface area contributed by atoms with Gasteiger partial charge in [-0.05, 0) is 37.0 Å². The first-order valence-electron chi connectivity index (χ1n) is 6.74. The molecule has 1 aromatic carbocycles. The van der Waals surface area contributed by atoms with E-state index in [1.54, 1.807) is 24.3 Å². The monoisotopic (exact) mass is 263 g/mol. The molecule has 0 bridgehead atoms. The fraction of sp³-hybridized carbons (Fsp3) is 0.500. The maximum Gasteiger partial charge on any atom is 0.251 e. The molecule has 0 spiro atoms. The van der Waals surface area contributed by atoms with Crippen LogP contribution in [0.3, 0.4) is 0 Å². The second-order valence-corrected chi connectivity index (χ2v) is 5.00. The van der Waals surface area contributed by atoms with Gasteiger partial charge in [-0.15, -0.1) is 0 Å². The van der Waals surface area contributed by atoms with E-state index in [4.69, 9.17) is 5.73 Å². The number of carbonyl (C=O) groups excluding carboxylic acids is 1. The van der Waals surface area contributed by atoms with Crippen molar-refractivity contribution in [2.45, 2.75) is 31.7 Å². The first-order valence-corrected chi connectivity index (χ1v) is 6.74. The van der Waals surface area contributed by atoms with E-state index in [-0.39, 0.29) is 11.7 Å². The third kappa shape index (κ3) is 4.22. The van der Waals surface area contributed by atoms with E-state index in [0.29, 0.717) is 6.42 Å². The lowest BCUT2D eigenvalue weighted by atomic mass is 10.1. The van der Waals surface area contributed by atoms with Crippen molar-refractivity contribution in [3.63, 3.8) is 0 Å². The number of rotatable bonds is 4. The summed E-state index contributed by atoms with van der Waals surface area (Å²) in [6.07, 6.45) is 3.94. The standard InChI is InChI=1S/C14H21N3O2/c15-13(10-11-4-6-12(18)7-5-11)14(19)16-17-8-2-1-3-9-17/h4-7,13,18H,1-3,8-10,15H2,(H,16,19)/t13-/m1/s1. The van der Waals surface area contributed by atoms with Crippen molar-refractivity contribution < 1.29 is 9.90 Å². The highest BCUT2D eigenvalue weighted by Gasteiger charge is 2.18. The van der Waals surface area contributed by atoms with Crippen LogP contribution in [0.25, 0.3) is 0 Å². The third-order valence-electron chi connectivity index (χ3n) is 3.35. The number of hydrogen-bond acceptors (Lipinski definition) is 4. The number of phenols is 1. The molecule has 4 N–H and O–H groups in total. The number of phenolic OH excluding ortho intramolecular Hbond substituents is 1. The minimum atomic E-state index is -0.563. The number of benzene rings is 1. The Bertz CT molecular complexity index is 413. The Hall–Kier alpha value is -1.59. The molecule has 0 radical (unpaired) electrons. The molecule has 1 fully saturated rings. The molecule has 0 saturated carbocycles. The molecule has 2 rings (SSSR count). The van der Waals surface area contributed by atoms with E-state index in [0.717, 1.165) is 31.5 Å². The van der Waals surface area contributed by atoms with E-state index in [9.17, 15) is 9.90 Å². The van der Waals surface area contributed by atoms with Crippen LogP contribution in [0, 0.1) is 0 Å². The number of nitrogens with zero attached hydrogens (tertiary/aromatic N) is 1. The molecular formula is C14H21N3O2. The van der Waals surface area contributed by atoms with Crippen LogP contribution in [-0.4, -0.2) is 35.2 Å². The summed E-state index contributed by atoms with van der Waals surface area (Å²) in [4.78, 5) is 12.0. The SMILES string of the molecule is N[C@H](Cc1ccc(O)cc1)C(=O)NN1CCCCC1. The van der Waals surface area contributed by atoms with Crippen molar-refractivity contribution in [2.75, 3.05) is 13.1 Å². The van der Waals surface area contributed by atoms with Gasteiger partial charge in [-0.2, -0.15) is 0 Å². The van der Waals surface area contributed by atoms with Crippen LogP contribution in [0.2, 0.25) is 0 Å². The molecule has 1 heterocycles. The van der Waals surface area contributed by atoms with Gasteiger partial charge in [-0.25, -0.2) is 5.01 Å². The van der Waals surface area contributed by atoms with E-state index in [2.05, 4.69) is 5.43 Å². The van der Waals surface area contributed by atoms with Crippen LogP contribution in [-0.2, 0) is 11.2 Å². The Morgan fingerprint density at radius 1 is 1.26 bits per heavy atom. The molecule has 0 aromatic heterocycles. The lowest BCUT2D eigenvalue weighted by molar-refractivity contribution is -0.127. The molecule has 1 aliphatic heterocycles. The molecule has 104 valence electrons. The van der Waals surface area contributed by atoms with Gasteiger partial charge in [0.2, 0.25) is 0 Å². The molecule has 5 heteroatoms. The fourth-order valence-electron chi connectivity index (χ4n) is 2.22. The number of piperidine rings is 1. The second-order valence-electron chi connectivity index (χ2n) is 5.00. The lowest BCUT2D eigenvalue weighted by Crippen LogP contribution is -2.51. The maximum absolute atomic E-state index is 12.0. The Balaban J connectivity index is 1.83. The van der Waals surface area contributed by atoms with Crippen molar-refractivity contribution in [3.8, 4) is 5.75 Å². The number of amides is 1. The predicted octanol–water partition coefficient (Wildman–Crippen LogP) is 0.779. The van der Waals surface area contributed by atoms with Gasteiger partial charge in [-0.1, -0.05) is 18.6 Å². The summed E-state index contributed by atoms with van der Waals surface area (Å²) in [5.41, 5.74) is 9.72. The Labute approximate surface area is 113 Å². The van der Waals surface area contributed by atoms with Crippen molar-refractivity contribution in [1.29, 1.82) is 0 Å². The Morgan fingerprint density at radius 3 is 2.53 bits per heavy atom. The van der Waals surface area contributed by atoms with Gasteiger partial charge in [0, 0.05) is 13.1 Å². The molecule has 5 nitrogen and oxygen atoms in total. The first-order chi connectivity index (χ1) is 9.15. The molecule has 0 unspecified atom stereocenters. The minimum absolute atomic E-state index is 0.144. The number of aromatic hydroxyl groups is 1. The van der Waals surface area contributed by atoms with Crippen LogP contribution >= 0.6 is 0 Å². The molecule has 19 heavy (non-hydrogen) atoms. The fourth-order valence-corrected chi connectivity index (χ4v) is 2.22. The highest BCUT2D eigenvalue weighted by molar-refractivity contribution is 5.81. The maximum atomic E-state index is 12.0. The van der Waals surface area contributed by atoms with Crippen molar-refractivity contribution in [2.24, 2.45) is 5.73 Å². The first kappa shape index (κ1) is 13.8. The van der Waals surface area contributed by atoms with Crippen LogP contribution < -0.4 is 11.2 Å². The molecule has 0 aliphatic carbocycles. The van der Waals surface area contributed by atoms with Gasteiger partial charge in [0.25, 0.3) is 5.91 Å². The largest absolute Gasteiger partial charge is 0.508 e. The molecule has 1 aliphatic rings. The predicted molar refractivity (Wildman–Crippen MR) is 73.4 cm³/mol. The zero-order chi connectivity index (χ0) is 13.7. The van der Waals surface area contributed by atoms with Gasteiger partial charge in [-0.3, -0.25) is 10.2 Å². The number of nitrogens with two attached hydrogens (primary N) is 1. The van der Waals surface area contributed by atoms with Crippen molar-refractivity contribution in [3.05, 3.63) is 29.8 Å².